The van der Waals surface area contributed by atoms with Crippen molar-refractivity contribution in [1.82, 2.24) is 30.3 Å². The number of anilines is 1. The number of likely N-dealkylation sites (tertiary alicyclic amines) is 1. The van der Waals surface area contributed by atoms with E-state index < -0.39 is 23.8 Å². The van der Waals surface area contributed by atoms with Gasteiger partial charge in [-0.25, -0.2) is 13.8 Å². The van der Waals surface area contributed by atoms with Gasteiger partial charge in [-0.05, 0) is 62.4 Å². The Morgan fingerprint density at radius 3 is 2.71 bits per heavy atom. The van der Waals surface area contributed by atoms with Crippen molar-refractivity contribution in [2.24, 2.45) is 0 Å². The zero-order chi connectivity index (χ0) is 28.9. The lowest BCUT2D eigenvalue weighted by atomic mass is 9.99. The van der Waals surface area contributed by atoms with E-state index in [0.29, 0.717) is 30.1 Å². The predicted molar refractivity (Wildman–Crippen MR) is 148 cm³/mol. The molecule has 41 heavy (non-hydrogen) atoms. The van der Waals surface area contributed by atoms with Crippen molar-refractivity contribution < 1.29 is 22.9 Å². The molecule has 1 aliphatic rings. The van der Waals surface area contributed by atoms with Gasteiger partial charge in [-0.3, -0.25) is 9.59 Å². The molecule has 216 valence electrons. The second kappa shape index (κ2) is 12.4. The van der Waals surface area contributed by atoms with E-state index in [0.717, 1.165) is 31.2 Å². The second-order valence-electron chi connectivity index (χ2n) is 10.4. The average Bonchev–Trinajstić information content (AvgIpc) is 3.61. The van der Waals surface area contributed by atoms with E-state index in [1.54, 1.807) is 31.2 Å². The van der Waals surface area contributed by atoms with Gasteiger partial charge in [-0.1, -0.05) is 30.3 Å². The third kappa shape index (κ3) is 6.69. The van der Waals surface area contributed by atoms with Gasteiger partial charge in [0.25, 0.3) is 0 Å². The molecule has 0 aliphatic carbocycles. The molecule has 5 rings (SSSR count). The Balaban J connectivity index is 1.32. The lowest BCUT2D eigenvalue weighted by molar-refractivity contribution is -0.137. The molecule has 0 saturated carbocycles. The molecule has 1 fully saturated rings. The number of para-hydroxylation sites is 1. The number of nitrogens with zero attached hydrogens (tertiary/aromatic N) is 4. The summed E-state index contributed by atoms with van der Waals surface area (Å²) in [5, 5.41) is 9.77. The van der Waals surface area contributed by atoms with Gasteiger partial charge in [0.15, 0.2) is 11.6 Å². The molecule has 2 aromatic carbocycles. The summed E-state index contributed by atoms with van der Waals surface area (Å²) in [6, 6.07) is 9.04. The predicted octanol–water partition coefficient (Wildman–Crippen LogP) is 4.65. The van der Waals surface area contributed by atoms with Gasteiger partial charge in [-0.2, -0.15) is 4.98 Å². The number of amides is 2. The lowest BCUT2D eigenvalue weighted by Crippen LogP contribution is -2.48. The summed E-state index contributed by atoms with van der Waals surface area (Å²) in [6.45, 7) is 4.42. The topological polar surface area (TPSA) is 129 Å². The summed E-state index contributed by atoms with van der Waals surface area (Å²) in [5.74, 6) is -0.713. The molecule has 4 aromatic rings. The molecule has 0 unspecified atom stereocenters. The summed E-state index contributed by atoms with van der Waals surface area (Å²) in [7, 11) is 0. The molecule has 1 aliphatic heterocycles. The SMILES string of the molecule is CC[C@H]1CCCCN1C(=O)C[C@H](Nc1nc(Cc2ccc(F)cc2)no1)C(=O)N[C@@H](C)c1nc2c(F)cccc2[nH]1. The number of piperidine rings is 1. The molecule has 0 radical (unpaired) electrons. The van der Waals surface area contributed by atoms with Crippen molar-refractivity contribution in [1.29, 1.82) is 0 Å². The quantitative estimate of drug-likeness (QED) is 0.255. The number of imidazole rings is 1. The number of halogens is 2. The minimum atomic E-state index is -1.02. The zero-order valence-electron chi connectivity index (χ0n) is 23.0. The van der Waals surface area contributed by atoms with Gasteiger partial charge in [0.2, 0.25) is 11.8 Å². The van der Waals surface area contributed by atoms with Crippen LogP contribution in [0.5, 0.6) is 0 Å². The van der Waals surface area contributed by atoms with Crippen LogP contribution in [0.3, 0.4) is 0 Å². The summed E-state index contributed by atoms with van der Waals surface area (Å²) >= 11 is 0. The highest BCUT2D eigenvalue weighted by atomic mass is 19.1. The van der Waals surface area contributed by atoms with Gasteiger partial charge in [0, 0.05) is 19.0 Å². The van der Waals surface area contributed by atoms with E-state index >= 15 is 0 Å². The smallest absolute Gasteiger partial charge is 0.322 e. The molecule has 0 spiro atoms. The number of H-pyrrole nitrogens is 1. The number of carbonyl (C=O) groups is 2. The first-order valence-corrected chi connectivity index (χ1v) is 13.9. The number of hydrogen-bond donors (Lipinski definition) is 3. The maximum absolute atomic E-state index is 14.2. The molecular weight excluding hydrogens is 532 g/mol. The van der Waals surface area contributed by atoms with Crippen LogP contribution in [0.4, 0.5) is 14.8 Å². The fraction of sp³-hybridized carbons (Fsp3) is 0.414. The Morgan fingerprint density at radius 2 is 1.95 bits per heavy atom. The van der Waals surface area contributed by atoms with Gasteiger partial charge in [0.1, 0.15) is 23.2 Å². The van der Waals surface area contributed by atoms with Gasteiger partial charge < -0.3 is 25.0 Å². The number of rotatable bonds is 10. The molecular formula is C29H33F2N7O3. The molecule has 3 heterocycles. The number of benzene rings is 2. The number of carbonyl (C=O) groups excluding carboxylic acids is 2. The van der Waals surface area contributed by atoms with Crippen LogP contribution in [0.15, 0.2) is 47.0 Å². The summed E-state index contributed by atoms with van der Waals surface area (Å²) in [5.41, 5.74) is 1.49. The highest BCUT2D eigenvalue weighted by molar-refractivity contribution is 5.90. The van der Waals surface area contributed by atoms with Crippen molar-refractivity contribution in [3.05, 3.63) is 71.3 Å². The fourth-order valence-corrected chi connectivity index (χ4v) is 5.18. The molecule has 12 heteroatoms. The summed E-state index contributed by atoms with van der Waals surface area (Å²) in [4.78, 5) is 40.5. The molecule has 3 N–H and O–H groups in total. The minimum Gasteiger partial charge on any atom is -0.345 e. The van der Waals surface area contributed by atoms with Crippen molar-refractivity contribution in [2.75, 3.05) is 11.9 Å². The van der Waals surface area contributed by atoms with Crippen LogP contribution in [0, 0.1) is 11.6 Å². The first kappa shape index (κ1) is 28.2. The molecule has 0 bridgehead atoms. The number of aromatic nitrogens is 4. The molecule has 10 nitrogen and oxygen atoms in total. The van der Waals surface area contributed by atoms with E-state index in [2.05, 4.69) is 37.7 Å². The van der Waals surface area contributed by atoms with Crippen LogP contribution in [0.1, 0.15) is 69.2 Å². The van der Waals surface area contributed by atoms with Gasteiger partial charge in [0.05, 0.1) is 18.0 Å². The van der Waals surface area contributed by atoms with Gasteiger partial charge in [-0.15, -0.1) is 0 Å². The van der Waals surface area contributed by atoms with Crippen LogP contribution in [0.25, 0.3) is 11.0 Å². The van der Waals surface area contributed by atoms with Crippen molar-refractivity contribution in [2.45, 2.75) is 70.5 Å². The Kier molecular flexibility index (Phi) is 8.55. The summed E-state index contributed by atoms with van der Waals surface area (Å²) in [6.07, 6.45) is 3.93. The minimum absolute atomic E-state index is 0.0146. The first-order valence-electron chi connectivity index (χ1n) is 13.9. The van der Waals surface area contributed by atoms with E-state index in [1.807, 2.05) is 4.90 Å². The lowest BCUT2D eigenvalue weighted by Gasteiger charge is -2.36. The Hall–Kier alpha value is -4.35. The first-order chi connectivity index (χ1) is 19.8. The summed E-state index contributed by atoms with van der Waals surface area (Å²) < 4.78 is 32.8. The van der Waals surface area contributed by atoms with Crippen molar-refractivity contribution in [3.8, 4) is 0 Å². The van der Waals surface area contributed by atoms with E-state index in [-0.39, 0.29) is 35.7 Å². The average molecular weight is 566 g/mol. The number of fused-ring (bicyclic) bond motifs is 1. The maximum Gasteiger partial charge on any atom is 0.322 e. The maximum atomic E-state index is 14.2. The van der Waals surface area contributed by atoms with Crippen LogP contribution in [-0.2, 0) is 16.0 Å². The van der Waals surface area contributed by atoms with Crippen molar-refractivity contribution >= 4 is 28.9 Å². The van der Waals surface area contributed by atoms with Crippen LogP contribution < -0.4 is 10.6 Å². The molecule has 2 amide bonds. The van der Waals surface area contributed by atoms with Crippen LogP contribution in [-0.4, -0.2) is 55.5 Å². The number of nitrogens with one attached hydrogen (secondary N) is 3. The zero-order valence-corrected chi connectivity index (χ0v) is 23.0. The third-order valence-electron chi connectivity index (χ3n) is 7.41. The van der Waals surface area contributed by atoms with E-state index in [1.165, 1.54) is 18.2 Å². The molecule has 1 saturated heterocycles. The Morgan fingerprint density at radius 1 is 1.15 bits per heavy atom. The third-order valence-corrected chi connectivity index (χ3v) is 7.41. The number of hydrogen-bond acceptors (Lipinski definition) is 7. The van der Waals surface area contributed by atoms with Crippen LogP contribution in [0.2, 0.25) is 0 Å². The largest absolute Gasteiger partial charge is 0.345 e. The monoisotopic (exact) mass is 565 g/mol. The molecule has 2 aromatic heterocycles. The Bertz CT molecular complexity index is 1500. The Labute approximate surface area is 235 Å². The van der Waals surface area contributed by atoms with Crippen LogP contribution >= 0.6 is 0 Å². The molecule has 3 atom stereocenters. The number of aromatic amines is 1. The van der Waals surface area contributed by atoms with E-state index in [4.69, 9.17) is 4.52 Å². The van der Waals surface area contributed by atoms with Gasteiger partial charge >= 0.3 is 6.01 Å². The highest BCUT2D eigenvalue weighted by Gasteiger charge is 2.31. The second-order valence-corrected chi connectivity index (χ2v) is 10.4. The normalized spacial score (nSPS) is 16.9. The van der Waals surface area contributed by atoms with E-state index in [9.17, 15) is 18.4 Å². The highest BCUT2D eigenvalue weighted by Crippen LogP contribution is 2.23. The standard InChI is InChI=1S/C29H33F2N7O3/c1-3-20-7-4-5-14-38(20)25(39)16-23(34-29-35-24(37-41-29)15-18-10-12-19(30)13-11-18)28(40)32-17(2)27-33-22-9-6-8-21(31)26(22)36-27/h6,8-13,17,20,23H,3-5,7,14-16H2,1-2H3,(H,32,40)(H,33,36)(H,34,35,37)/t17-,20-,23-/m0/s1. The fourth-order valence-electron chi connectivity index (χ4n) is 5.18. The van der Waals surface area contributed by atoms with Crippen molar-refractivity contribution in [3.63, 3.8) is 0 Å².